The summed E-state index contributed by atoms with van der Waals surface area (Å²) in [5.74, 6) is 1.20. The molecule has 1 saturated carbocycles. The number of aromatic hydroxyl groups is 1. The highest BCUT2D eigenvalue weighted by molar-refractivity contribution is 6.03. The molecule has 3 aromatic carbocycles. The SMILES string of the molecule is C#Cc1c(F)ccc2cc(O)cc(-c3ncc4c(N5CC6CCC(C5)N6)nc(OCC5(CN6CCC(c7ccc8c(C(CCC=O)C(=O)NC)nn(C)c8c7)CC6)CC5)nc4c3F)c12. The average molecular weight is 868 g/mol. The molecule has 3 unspecified atom stereocenters. The summed E-state index contributed by atoms with van der Waals surface area (Å²) in [7, 11) is 3.51. The lowest BCUT2D eigenvalue weighted by molar-refractivity contribution is -0.122. The van der Waals surface area contributed by atoms with Crippen LogP contribution in [-0.4, -0.2) is 105 Å². The van der Waals surface area contributed by atoms with Crippen LogP contribution in [0.3, 0.4) is 0 Å². The number of phenols is 1. The van der Waals surface area contributed by atoms with E-state index < -0.39 is 17.6 Å². The number of terminal acetylenes is 1. The van der Waals surface area contributed by atoms with Gasteiger partial charge in [0.25, 0.3) is 0 Å². The Kier molecular flexibility index (Phi) is 10.9. The molecule has 330 valence electrons. The number of piperazine rings is 1. The van der Waals surface area contributed by atoms with Gasteiger partial charge in [-0.1, -0.05) is 24.1 Å². The number of aldehydes is 1. The quantitative estimate of drug-likeness (QED) is 0.0865. The van der Waals surface area contributed by atoms with E-state index in [1.807, 2.05) is 11.7 Å². The standard InChI is InChI=1S/C49H51F2N9O4/c1-4-34-39(50)12-8-30-20-33(62)22-37(41(30)34)44-42(51)45-38(23-53-44)46(60-24-31-9-10-32(25-60)54-31)56-48(55-45)64-27-49(15-16-49)26-59-17-13-28(14-18-59)29-7-11-35-40(21-29)58(3)57-43(35)36(6-5-19-61)47(63)52-2/h1,7-8,11-12,19-23,28,31-32,36,54,62H,5-6,9-10,13-18,24-27H2,2-3H3,(H,52,63). The Morgan fingerprint density at radius 1 is 1.08 bits per heavy atom. The Labute approximate surface area is 369 Å². The second kappa shape index (κ2) is 16.7. The first-order valence-electron chi connectivity index (χ1n) is 22.3. The molecule has 10 rings (SSSR count). The van der Waals surface area contributed by atoms with Gasteiger partial charge in [0.2, 0.25) is 5.91 Å². The summed E-state index contributed by atoms with van der Waals surface area (Å²) in [6, 6.07) is 12.7. The molecule has 3 aliphatic heterocycles. The van der Waals surface area contributed by atoms with Crippen LogP contribution in [0.15, 0.2) is 48.7 Å². The number of benzene rings is 3. The molecule has 6 aromatic rings. The number of aryl methyl sites for hydroxylation is 1. The highest BCUT2D eigenvalue weighted by Gasteiger charge is 2.46. The smallest absolute Gasteiger partial charge is 0.319 e. The number of aromatic nitrogens is 5. The van der Waals surface area contributed by atoms with Crippen LogP contribution < -0.4 is 20.3 Å². The molecule has 13 nitrogen and oxygen atoms in total. The lowest BCUT2D eigenvalue weighted by Gasteiger charge is -2.35. The van der Waals surface area contributed by atoms with Crippen LogP contribution in [0.2, 0.25) is 0 Å². The van der Waals surface area contributed by atoms with E-state index in [1.54, 1.807) is 13.2 Å². The second-order valence-corrected chi connectivity index (χ2v) is 18.2. The van der Waals surface area contributed by atoms with Crippen molar-refractivity contribution in [2.24, 2.45) is 12.5 Å². The minimum absolute atomic E-state index is 0.0302. The van der Waals surface area contributed by atoms with Gasteiger partial charge in [0.1, 0.15) is 34.9 Å². The minimum atomic E-state index is -0.738. The van der Waals surface area contributed by atoms with Crippen molar-refractivity contribution in [3.63, 3.8) is 0 Å². The average Bonchev–Trinajstić information content (AvgIpc) is 3.88. The van der Waals surface area contributed by atoms with Crippen molar-refractivity contribution >= 4 is 50.6 Å². The van der Waals surface area contributed by atoms with Crippen LogP contribution >= 0.6 is 0 Å². The lowest BCUT2D eigenvalue weighted by Crippen LogP contribution is -2.51. The third-order valence-corrected chi connectivity index (χ3v) is 14.1. The Balaban J connectivity index is 0.879. The molecule has 3 N–H and O–H groups in total. The Morgan fingerprint density at radius 3 is 2.58 bits per heavy atom. The van der Waals surface area contributed by atoms with Gasteiger partial charge in [0.15, 0.2) is 5.82 Å². The molecule has 64 heavy (non-hydrogen) atoms. The van der Waals surface area contributed by atoms with Gasteiger partial charge in [0, 0.05) is 80.2 Å². The highest BCUT2D eigenvalue weighted by Crippen LogP contribution is 2.48. The van der Waals surface area contributed by atoms with E-state index in [0.29, 0.717) is 66.4 Å². The summed E-state index contributed by atoms with van der Waals surface area (Å²) in [6.07, 6.45) is 14.9. The molecule has 0 spiro atoms. The zero-order valence-corrected chi connectivity index (χ0v) is 36.0. The molecule has 3 atom stereocenters. The first kappa shape index (κ1) is 41.8. The predicted molar refractivity (Wildman–Crippen MR) is 240 cm³/mol. The molecule has 4 aliphatic rings. The first-order valence-corrected chi connectivity index (χ1v) is 22.3. The fraction of sp³-hybridized carbons (Fsp3) is 0.429. The number of rotatable bonds is 13. The van der Waals surface area contributed by atoms with Crippen LogP contribution in [-0.2, 0) is 16.6 Å². The summed E-state index contributed by atoms with van der Waals surface area (Å²) in [4.78, 5) is 42.8. The zero-order valence-electron chi connectivity index (χ0n) is 36.0. The van der Waals surface area contributed by atoms with Gasteiger partial charge < -0.3 is 35.1 Å². The number of fused-ring (bicyclic) bond motifs is 5. The summed E-state index contributed by atoms with van der Waals surface area (Å²) < 4.78 is 40.4. The number of anilines is 1. The first-order chi connectivity index (χ1) is 31.0. The summed E-state index contributed by atoms with van der Waals surface area (Å²) >= 11 is 0. The molecule has 4 fully saturated rings. The minimum Gasteiger partial charge on any atom is -0.508 e. The van der Waals surface area contributed by atoms with Gasteiger partial charge in [-0.05, 0) is 99.2 Å². The molecule has 2 bridgehead atoms. The monoisotopic (exact) mass is 867 g/mol. The van der Waals surface area contributed by atoms with Gasteiger partial charge in [0.05, 0.1) is 34.7 Å². The molecule has 3 aromatic heterocycles. The number of nitrogens with zero attached hydrogens (tertiary/aromatic N) is 7. The summed E-state index contributed by atoms with van der Waals surface area (Å²) in [5.41, 5.74) is 2.89. The van der Waals surface area contributed by atoms with E-state index in [0.717, 1.165) is 75.3 Å². The number of pyridine rings is 1. The number of phenolic OH excluding ortho intramolecular Hbond substituents is 1. The second-order valence-electron chi connectivity index (χ2n) is 18.2. The number of ether oxygens (including phenoxy) is 1. The number of piperidine rings is 1. The highest BCUT2D eigenvalue weighted by atomic mass is 19.1. The Bertz CT molecular complexity index is 2850. The summed E-state index contributed by atoms with van der Waals surface area (Å²) in [5, 5.41) is 23.9. The molecular formula is C49H51F2N9O4. The van der Waals surface area contributed by atoms with Gasteiger partial charge in [-0.3, -0.25) is 14.5 Å². The van der Waals surface area contributed by atoms with Crippen molar-refractivity contribution in [2.75, 3.05) is 51.3 Å². The Morgan fingerprint density at radius 2 is 1.86 bits per heavy atom. The van der Waals surface area contributed by atoms with Crippen molar-refractivity contribution in [3.8, 4) is 35.4 Å². The van der Waals surface area contributed by atoms with Crippen molar-refractivity contribution in [1.82, 2.24) is 40.3 Å². The topological polar surface area (TPSA) is 151 Å². The zero-order chi connectivity index (χ0) is 44.3. The normalized spacial score (nSPS) is 20.1. The van der Waals surface area contributed by atoms with Gasteiger partial charge in [-0.25, -0.2) is 8.78 Å². The van der Waals surface area contributed by atoms with E-state index in [9.17, 15) is 14.7 Å². The van der Waals surface area contributed by atoms with Crippen LogP contribution in [0.5, 0.6) is 11.8 Å². The number of carbonyl (C=O) groups excluding carboxylic acids is 2. The third-order valence-electron chi connectivity index (χ3n) is 14.1. The number of hydrogen-bond acceptors (Lipinski definition) is 11. The van der Waals surface area contributed by atoms with Crippen molar-refractivity contribution in [1.29, 1.82) is 0 Å². The van der Waals surface area contributed by atoms with Gasteiger partial charge >= 0.3 is 6.01 Å². The fourth-order valence-electron chi connectivity index (χ4n) is 10.5. The maximum atomic E-state index is 17.1. The number of nitrogens with one attached hydrogen (secondary N) is 2. The number of likely N-dealkylation sites (tertiary alicyclic amines) is 1. The van der Waals surface area contributed by atoms with Gasteiger partial charge in [-0.2, -0.15) is 15.1 Å². The van der Waals surface area contributed by atoms with Crippen LogP contribution in [0, 0.1) is 29.4 Å². The van der Waals surface area contributed by atoms with E-state index in [1.165, 1.54) is 29.8 Å². The fourth-order valence-corrected chi connectivity index (χ4v) is 10.5. The van der Waals surface area contributed by atoms with E-state index in [2.05, 4.69) is 49.5 Å². The molecule has 1 amide bonds. The number of amides is 1. The molecule has 0 radical (unpaired) electrons. The molecule has 3 saturated heterocycles. The molecule has 1 aliphatic carbocycles. The molecule has 15 heteroatoms. The summed E-state index contributed by atoms with van der Waals surface area (Å²) in [6.45, 7) is 4.52. The van der Waals surface area contributed by atoms with Crippen molar-refractivity contribution < 1.29 is 28.2 Å². The number of likely N-dealkylation sites (N-methyl/N-ethyl adjacent to an activating group) is 1. The molecule has 6 heterocycles. The maximum Gasteiger partial charge on any atom is 0.319 e. The largest absolute Gasteiger partial charge is 0.508 e. The number of halogens is 2. The van der Waals surface area contributed by atoms with E-state index in [-0.39, 0.29) is 57.2 Å². The van der Waals surface area contributed by atoms with Crippen LogP contribution in [0.25, 0.3) is 43.8 Å². The lowest BCUT2D eigenvalue weighted by atomic mass is 9.87. The maximum absolute atomic E-state index is 17.1. The van der Waals surface area contributed by atoms with Crippen molar-refractivity contribution in [3.05, 3.63) is 77.1 Å². The van der Waals surface area contributed by atoms with E-state index >= 15 is 8.78 Å². The third kappa shape index (κ3) is 7.66. The number of hydrogen-bond donors (Lipinski definition) is 3. The molecular weight excluding hydrogens is 817 g/mol. The predicted octanol–water partition coefficient (Wildman–Crippen LogP) is 6.48. The van der Waals surface area contributed by atoms with Gasteiger partial charge in [-0.15, -0.1) is 6.42 Å². The number of carbonyl (C=O) groups is 2. The van der Waals surface area contributed by atoms with Crippen LogP contribution in [0.4, 0.5) is 14.6 Å². The van der Waals surface area contributed by atoms with E-state index in [4.69, 9.17) is 26.2 Å². The Hall–Kier alpha value is -6.24. The van der Waals surface area contributed by atoms with Crippen molar-refractivity contribution in [2.45, 2.75) is 75.3 Å². The van der Waals surface area contributed by atoms with Crippen LogP contribution in [0.1, 0.15) is 80.0 Å².